The summed E-state index contributed by atoms with van der Waals surface area (Å²) in [6, 6.07) is 31.3. The Balaban J connectivity index is 1.25. The topological polar surface area (TPSA) is 44.9 Å². The molecule has 206 valence electrons. The van der Waals surface area contributed by atoms with Crippen LogP contribution in [-0.2, 0) is 12.8 Å². The molecule has 0 bridgehead atoms. The van der Waals surface area contributed by atoms with Gasteiger partial charge in [-0.25, -0.2) is 14.1 Å². The molecule has 0 aliphatic rings. The number of fused-ring (bicyclic) bond motifs is 3. The number of halogens is 1. The van der Waals surface area contributed by atoms with Crippen molar-refractivity contribution in [2.24, 2.45) is 0 Å². The van der Waals surface area contributed by atoms with Gasteiger partial charge in [-0.15, -0.1) is 0 Å². The number of nitrogens with zero attached hydrogens (tertiary/aromatic N) is 4. The summed E-state index contributed by atoms with van der Waals surface area (Å²) in [6.07, 6.45) is 7.45. The fraction of sp³-hybridized carbons (Fsp3) is 0.111. The van der Waals surface area contributed by atoms with Crippen LogP contribution in [0.2, 0.25) is 0 Å². The molecule has 0 atom stereocenters. The van der Waals surface area contributed by atoms with Gasteiger partial charge in [-0.2, -0.15) is 5.10 Å². The maximum absolute atomic E-state index is 14.2. The van der Waals surface area contributed by atoms with Gasteiger partial charge in [0.05, 0.1) is 22.9 Å². The van der Waals surface area contributed by atoms with E-state index in [1.54, 1.807) is 0 Å². The third kappa shape index (κ3) is 4.51. The Morgan fingerprint density at radius 3 is 2.31 bits per heavy atom. The second kappa shape index (κ2) is 10.6. The van der Waals surface area contributed by atoms with Gasteiger partial charge in [-0.05, 0) is 65.9 Å². The Kier molecular flexibility index (Phi) is 6.51. The molecule has 6 heteroatoms. The standard InChI is InChI=1S/C36H29FN4O/c1-3-24-9-7-10-25(4-2)36(24)26-22-39-40(23-26)28-11-8-12-29(20-28)42-30-15-16-32-31-13-5-6-14-33(31)41(34(32)21-30)35-19-27(37)17-18-38-35/h5-23H,3-4H2,1-2H3. The van der Waals surface area contributed by atoms with Crippen LogP contribution < -0.4 is 4.74 Å². The molecular formula is C36H29FN4O. The molecule has 0 amide bonds. The summed E-state index contributed by atoms with van der Waals surface area (Å²) >= 11 is 0. The largest absolute Gasteiger partial charge is 0.457 e. The van der Waals surface area contributed by atoms with Gasteiger partial charge in [0.15, 0.2) is 0 Å². The zero-order chi connectivity index (χ0) is 28.6. The second-order valence-corrected chi connectivity index (χ2v) is 10.3. The average molecular weight is 553 g/mol. The van der Waals surface area contributed by atoms with Gasteiger partial charge in [0.25, 0.3) is 0 Å². The first-order valence-electron chi connectivity index (χ1n) is 14.2. The van der Waals surface area contributed by atoms with Crippen LogP contribution in [-0.4, -0.2) is 19.3 Å². The molecule has 4 aromatic carbocycles. The molecule has 5 nitrogen and oxygen atoms in total. The molecule has 0 unspecified atom stereocenters. The Bertz CT molecular complexity index is 2050. The van der Waals surface area contributed by atoms with E-state index < -0.39 is 0 Å². The van der Waals surface area contributed by atoms with Crippen LogP contribution in [0.5, 0.6) is 11.5 Å². The van der Waals surface area contributed by atoms with E-state index in [4.69, 9.17) is 9.84 Å². The van der Waals surface area contributed by atoms with Crippen LogP contribution in [0.4, 0.5) is 4.39 Å². The Hall–Kier alpha value is -5.23. The molecule has 3 heterocycles. The molecule has 0 fully saturated rings. The third-order valence-electron chi connectivity index (χ3n) is 7.77. The summed E-state index contributed by atoms with van der Waals surface area (Å²) in [5.41, 5.74) is 7.79. The van der Waals surface area contributed by atoms with E-state index >= 15 is 0 Å². The summed E-state index contributed by atoms with van der Waals surface area (Å²) in [4.78, 5) is 4.46. The highest BCUT2D eigenvalue weighted by Gasteiger charge is 2.15. The number of para-hydroxylation sites is 1. The van der Waals surface area contributed by atoms with Crippen molar-refractivity contribution in [1.82, 2.24) is 19.3 Å². The minimum atomic E-state index is -0.332. The molecule has 3 aromatic heterocycles. The highest BCUT2D eigenvalue weighted by atomic mass is 19.1. The van der Waals surface area contributed by atoms with E-state index in [0.717, 1.165) is 45.9 Å². The number of aryl methyl sites for hydroxylation is 2. The maximum atomic E-state index is 14.2. The van der Waals surface area contributed by atoms with E-state index in [1.165, 1.54) is 35.0 Å². The summed E-state index contributed by atoms with van der Waals surface area (Å²) in [5, 5.41) is 6.81. The number of pyridine rings is 1. The van der Waals surface area contributed by atoms with E-state index in [2.05, 4.69) is 49.3 Å². The van der Waals surface area contributed by atoms with Crippen LogP contribution >= 0.6 is 0 Å². The number of hydrogen-bond acceptors (Lipinski definition) is 3. The van der Waals surface area contributed by atoms with Crippen molar-refractivity contribution in [2.75, 3.05) is 0 Å². The van der Waals surface area contributed by atoms with Gasteiger partial charge in [0.1, 0.15) is 23.1 Å². The molecule has 7 aromatic rings. The zero-order valence-electron chi connectivity index (χ0n) is 23.5. The lowest BCUT2D eigenvalue weighted by Gasteiger charge is -2.11. The van der Waals surface area contributed by atoms with E-state index in [1.807, 2.05) is 76.1 Å². The van der Waals surface area contributed by atoms with E-state index in [0.29, 0.717) is 17.3 Å². The van der Waals surface area contributed by atoms with Gasteiger partial charge >= 0.3 is 0 Å². The second-order valence-electron chi connectivity index (χ2n) is 10.3. The molecule has 0 aliphatic heterocycles. The molecule has 0 saturated carbocycles. The minimum absolute atomic E-state index is 0.332. The molecule has 7 rings (SSSR count). The molecule has 0 spiro atoms. The fourth-order valence-corrected chi connectivity index (χ4v) is 5.81. The van der Waals surface area contributed by atoms with Crippen molar-refractivity contribution in [3.05, 3.63) is 133 Å². The van der Waals surface area contributed by atoms with Crippen molar-refractivity contribution < 1.29 is 9.13 Å². The first-order chi connectivity index (χ1) is 20.6. The molecular weight excluding hydrogens is 523 g/mol. The monoisotopic (exact) mass is 552 g/mol. The Morgan fingerprint density at radius 2 is 1.50 bits per heavy atom. The quantitative estimate of drug-likeness (QED) is 0.198. The molecule has 0 N–H and O–H groups in total. The molecule has 0 radical (unpaired) electrons. The number of hydrogen-bond donors (Lipinski definition) is 0. The first kappa shape index (κ1) is 25.7. The summed E-state index contributed by atoms with van der Waals surface area (Å²) in [6.45, 7) is 4.38. The lowest BCUT2D eigenvalue weighted by Crippen LogP contribution is -1.98. The van der Waals surface area contributed by atoms with Gasteiger partial charge in [-0.3, -0.25) is 4.57 Å². The van der Waals surface area contributed by atoms with Gasteiger partial charge in [0, 0.05) is 46.9 Å². The smallest absolute Gasteiger partial charge is 0.140 e. The number of ether oxygens (including phenoxy) is 1. The lowest BCUT2D eigenvalue weighted by atomic mass is 9.94. The summed E-state index contributed by atoms with van der Waals surface area (Å²) in [7, 11) is 0. The van der Waals surface area contributed by atoms with Crippen LogP contribution in [0, 0.1) is 5.82 Å². The van der Waals surface area contributed by atoms with Crippen molar-refractivity contribution in [2.45, 2.75) is 26.7 Å². The number of rotatable bonds is 7. The molecule has 0 saturated heterocycles. The highest BCUT2D eigenvalue weighted by molar-refractivity contribution is 6.09. The average Bonchev–Trinajstić information content (AvgIpc) is 3.64. The molecule has 0 aliphatic carbocycles. The minimum Gasteiger partial charge on any atom is -0.457 e. The van der Waals surface area contributed by atoms with Crippen LogP contribution in [0.3, 0.4) is 0 Å². The predicted molar refractivity (Wildman–Crippen MR) is 166 cm³/mol. The number of benzene rings is 4. The van der Waals surface area contributed by atoms with Crippen molar-refractivity contribution in [1.29, 1.82) is 0 Å². The predicted octanol–water partition coefficient (Wildman–Crippen LogP) is 9.09. The number of aromatic nitrogens is 4. The molecule has 42 heavy (non-hydrogen) atoms. The first-order valence-corrected chi connectivity index (χ1v) is 14.2. The van der Waals surface area contributed by atoms with Gasteiger partial charge < -0.3 is 4.74 Å². The summed E-state index contributed by atoms with van der Waals surface area (Å²) < 4.78 is 24.4. The van der Waals surface area contributed by atoms with Gasteiger partial charge in [0.2, 0.25) is 0 Å². The normalized spacial score (nSPS) is 11.4. The van der Waals surface area contributed by atoms with Crippen molar-refractivity contribution >= 4 is 21.8 Å². The summed E-state index contributed by atoms with van der Waals surface area (Å²) in [5.74, 6) is 1.55. The Morgan fingerprint density at radius 1 is 0.738 bits per heavy atom. The highest BCUT2D eigenvalue weighted by Crippen LogP contribution is 2.35. The van der Waals surface area contributed by atoms with Crippen LogP contribution in [0.25, 0.3) is 44.4 Å². The maximum Gasteiger partial charge on any atom is 0.140 e. The SMILES string of the molecule is CCc1cccc(CC)c1-c1cnn(-c2cccc(Oc3ccc4c5ccccc5n(-c5cc(F)ccn5)c4c3)c2)c1. The van der Waals surface area contributed by atoms with Crippen LogP contribution in [0.15, 0.2) is 116 Å². The zero-order valence-corrected chi connectivity index (χ0v) is 23.5. The lowest BCUT2D eigenvalue weighted by molar-refractivity contribution is 0.483. The van der Waals surface area contributed by atoms with Crippen LogP contribution in [0.1, 0.15) is 25.0 Å². The van der Waals surface area contributed by atoms with E-state index in [9.17, 15) is 4.39 Å². The Labute approximate surface area is 243 Å². The van der Waals surface area contributed by atoms with E-state index in [-0.39, 0.29) is 5.82 Å². The van der Waals surface area contributed by atoms with Crippen molar-refractivity contribution in [3.8, 4) is 34.1 Å². The van der Waals surface area contributed by atoms with Gasteiger partial charge in [-0.1, -0.05) is 56.3 Å². The third-order valence-corrected chi connectivity index (χ3v) is 7.77. The fourth-order valence-electron chi connectivity index (χ4n) is 5.81. The van der Waals surface area contributed by atoms with Crippen molar-refractivity contribution in [3.63, 3.8) is 0 Å².